The first kappa shape index (κ1) is 24.1. The van der Waals surface area contributed by atoms with E-state index in [9.17, 15) is 9.59 Å². The standard InChI is InChI=1S/C28H36N4O2/c1-4-5-6-7-12-26(33)31-19-17-30(18-20-31)22(3)27-29-25-11-9-8-10-24(25)28(34)32(27)23-15-13-21(2)14-16-23/h8-11,13-16,22H,4-7,12,17-20H2,1-3H3. The van der Waals surface area contributed by atoms with Gasteiger partial charge in [0.2, 0.25) is 5.91 Å². The normalized spacial score (nSPS) is 15.6. The number of aryl methyl sites for hydroxylation is 1. The largest absolute Gasteiger partial charge is 0.340 e. The highest BCUT2D eigenvalue weighted by Gasteiger charge is 2.28. The molecular weight excluding hydrogens is 424 g/mol. The summed E-state index contributed by atoms with van der Waals surface area (Å²) in [5.74, 6) is 1.01. The van der Waals surface area contributed by atoms with Crippen LogP contribution < -0.4 is 5.56 Å². The molecule has 0 aliphatic carbocycles. The third-order valence-corrected chi connectivity index (χ3v) is 6.93. The van der Waals surface area contributed by atoms with E-state index in [0.717, 1.165) is 61.6 Å². The molecule has 1 aliphatic rings. The number of carbonyl (C=O) groups excluding carboxylic acids is 1. The second-order valence-electron chi connectivity index (χ2n) is 9.37. The summed E-state index contributed by atoms with van der Waals surface area (Å²) in [6.07, 6.45) is 5.13. The summed E-state index contributed by atoms with van der Waals surface area (Å²) in [6, 6.07) is 15.5. The molecule has 0 spiro atoms. The van der Waals surface area contributed by atoms with Crippen LogP contribution in [-0.2, 0) is 4.79 Å². The summed E-state index contributed by atoms with van der Waals surface area (Å²) in [6.45, 7) is 9.34. The molecule has 6 heteroatoms. The van der Waals surface area contributed by atoms with Gasteiger partial charge >= 0.3 is 0 Å². The quantitative estimate of drug-likeness (QED) is 0.450. The number of para-hydroxylation sites is 1. The minimum Gasteiger partial charge on any atom is -0.340 e. The Balaban J connectivity index is 1.56. The van der Waals surface area contributed by atoms with Crippen molar-refractivity contribution in [1.29, 1.82) is 0 Å². The van der Waals surface area contributed by atoms with E-state index in [1.54, 1.807) is 4.57 Å². The van der Waals surface area contributed by atoms with Gasteiger partial charge in [0.1, 0.15) is 5.82 Å². The monoisotopic (exact) mass is 460 g/mol. The Morgan fingerprint density at radius 2 is 1.68 bits per heavy atom. The maximum Gasteiger partial charge on any atom is 0.266 e. The maximum atomic E-state index is 13.6. The van der Waals surface area contributed by atoms with Crippen molar-refractivity contribution in [2.24, 2.45) is 0 Å². The minimum absolute atomic E-state index is 0.0443. The molecule has 34 heavy (non-hydrogen) atoms. The van der Waals surface area contributed by atoms with Gasteiger partial charge in [-0.15, -0.1) is 0 Å². The number of benzene rings is 2. The van der Waals surface area contributed by atoms with Crippen LogP contribution in [0.4, 0.5) is 0 Å². The highest BCUT2D eigenvalue weighted by atomic mass is 16.2. The molecule has 0 bridgehead atoms. The fraction of sp³-hybridized carbons (Fsp3) is 0.464. The van der Waals surface area contributed by atoms with Gasteiger partial charge in [0, 0.05) is 32.6 Å². The second-order valence-corrected chi connectivity index (χ2v) is 9.37. The number of fused-ring (bicyclic) bond motifs is 1. The highest BCUT2D eigenvalue weighted by molar-refractivity contribution is 5.78. The van der Waals surface area contributed by atoms with Crippen molar-refractivity contribution in [3.63, 3.8) is 0 Å². The van der Waals surface area contributed by atoms with Crippen LogP contribution in [0.1, 0.15) is 63.4 Å². The van der Waals surface area contributed by atoms with Crippen LogP contribution in [0.2, 0.25) is 0 Å². The third kappa shape index (κ3) is 5.22. The summed E-state index contributed by atoms with van der Waals surface area (Å²) in [7, 11) is 0. The first-order valence-electron chi connectivity index (χ1n) is 12.6. The lowest BCUT2D eigenvalue weighted by Gasteiger charge is -2.38. The maximum absolute atomic E-state index is 13.6. The first-order chi connectivity index (χ1) is 16.5. The Bertz CT molecular complexity index is 1180. The molecule has 1 aromatic heterocycles. The lowest BCUT2D eigenvalue weighted by Crippen LogP contribution is -2.49. The first-order valence-corrected chi connectivity index (χ1v) is 12.6. The van der Waals surface area contributed by atoms with E-state index in [2.05, 4.69) is 18.7 Å². The van der Waals surface area contributed by atoms with Crippen LogP contribution >= 0.6 is 0 Å². The molecule has 1 saturated heterocycles. The van der Waals surface area contributed by atoms with Gasteiger partial charge in [-0.25, -0.2) is 4.98 Å². The molecule has 2 heterocycles. The molecule has 3 aromatic rings. The van der Waals surface area contributed by atoms with Crippen molar-refractivity contribution in [2.75, 3.05) is 26.2 Å². The lowest BCUT2D eigenvalue weighted by molar-refractivity contribution is -0.133. The van der Waals surface area contributed by atoms with Gasteiger partial charge in [-0.2, -0.15) is 0 Å². The number of unbranched alkanes of at least 4 members (excludes halogenated alkanes) is 3. The van der Waals surface area contributed by atoms with Gasteiger partial charge in [0.05, 0.1) is 22.6 Å². The molecule has 0 saturated carbocycles. The topological polar surface area (TPSA) is 58.4 Å². The molecule has 0 N–H and O–H groups in total. The number of rotatable bonds is 8. The fourth-order valence-corrected chi connectivity index (χ4v) is 4.76. The number of carbonyl (C=O) groups is 1. The Morgan fingerprint density at radius 1 is 0.971 bits per heavy atom. The zero-order chi connectivity index (χ0) is 24.1. The number of hydrogen-bond donors (Lipinski definition) is 0. The van der Waals surface area contributed by atoms with Crippen LogP contribution in [0, 0.1) is 6.92 Å². The van der Waals surface area contributed by atoms with E-state index < -0.39 is 0 Å². The van der Waals surface area contributed by atoms with E-state index in [1.807, 2.05) is 60.4 Å². The van der Waals surface area contributed by atoms with Crippen molar-refractivity contribution in [1.82, 2.24) is 19.4 Å². The summed E-state index contributed by atoms with van der Waals surface area (Å²) in [5, 5.41) is 0.623. The lowest BCUT2D eigenvalue weighted by atomic mass is 10.1. The molecule has 180 valence electrons. The van der Waals surface area contributed by atoms with Crippen LogP contribution in [0.5, 0.6) is 0 Å². The summed E-state index contributed by atoms with van der Waals surface area (Å²) in [5.41, 5.74) is 2.66. The molecular formula is C28H36N4O2. The summed E-state index contributed by atoms with van der Waals surface area (Å²) < 4.78 is 1.76. The molecule has 1 atom stereocenters. The van der Waals surface area contributed by atoms with Crippen LogP contribution in [0.25, 0.3) is 16.6 Å². The van der Waals surface area contributed by atoms with E-state index in [0.29, 0.717) is 11.8 Å². The molecule has 1 fully saturated rings. The average molecular weight is 461 g/mol. The Hall–Kier alpha value is -2.99. The Morgan fingerprint density at radius 3 is 2.38 bits per heavy atom. The van der Waals surface area contributed by atoms with Gasteiger partial charge < -0.3 is 4.90 Å². The smallest absolute Gasteiger partial charge is 0.266 e. The number of nitrogens with zero attached hydrogens (tertiary/aromatic N) is 4. The van der Waals surface area contributed by atoms with Crippen molar-refractivity contribution >= 4 is 16.8 Å². The predicted molar refractivity (Wildman–Crippen MR) is 137 cm³/mol. The molecule has 4 rings (SSSR count). The minimum atomic E-state index is -0.0552. The van der Waals surface area contributed by atoms with Crippen molar-refractivity contribution in [2.45, 2.75) is 58.9 Å². The van der Waals surface area contributed by atoms with Crippen molar-refractivity contribution in [3.8, 4) is 5.69 Å². The highest BCUT2D eigenvalue weighted by Crippen LogP contribution is 2.24. The number of hydrogen-bond acceptors (Lipinski definition) is 4. The molecule has 1 aliphatic heterocycles. The van der Waals surface area contributed by atoms with E-state index in [1.165, 1.54) is 12.8 Å². The molecule has 1 unspecified atom stereocenters. The van der Waals surface area contributed by atoms with E-state index in [4.69, 9.17) is 4.98 Å². The fourth-order valence-electron chi connectivity index (χ4n) is 4.76. The van der Waals surface area contributed by atoms with Crippen LogP contribution in [-0.4, -0.2) is 51.4 Å². The SMILES string of the molecule is CCCCCCC(=O)N1CCN(C(C)c2nc3ccccc3c(=O)n2-c2ccc(C)cc2)CC1. The zero-order valence-corrected chi connectivity index (χ0v) is 20.7. The predicted octanol–water partition coefficient (Wildman–Crippen LogP) is 4.87. The van der Waals surface area contributed by atoms with Crippen LogP contribution in [0.15, 0.2) is 53.3 Å². The summed E-state index contributed by atoms with van der Waals surface area (Å²) >= 11 is 0. The molecule has 0 radical (unpaired) electrons. The number of piperazine rings is 1. The molecule has 6 nitrogen and oxygen atoms in total. The third-order valence-electron chi connectivity index (χ3n) is 6.93. The average Bonchev–Trinajstić information content (AvgIpc) is 2.87. The molecule has 2 aromatic carbocycles. The van der Waals surface area contributed by atoms with Crippen molar-refractivity contribution in [3.05, 3.63) is 70.3 Å². The Kier molecular flexibility index (Phi) is 7.78. The number of aromatic nitrogens is 2. The summed E-state index contributed by atoms with van der Waals surface area (Å²) in [4.78, 5) is 35.5. The van der Waals surface area contributed by atoms with Gasteiger partial charge in [-0.1, -0.05) is 56.0 Å². The van der Waals surface area contributed by atoms with Crippen LogP contribution in [0.3, 0.4) is 0 Å². The van der Waals surface area contributed by atoms with E-state index >= 15 is 0 Å². The number of amides is 1. The van der Waals surface area contributed by atoms with Crippen molar-refractivity contribution < 1.29 is 4.79 Å². The van der Waals surface area contributed by atoms with E-state index in [-0.39, 0.29) is 17.5 Å². The van der Waals surface area contributed by atoms with Gasteiger partial charge in [-0.3, -0.25) is 19.1 Å². The van der Waals surface area contributed by atoms with Gasteiger partial charge in [-0.05, 0) is 44.5 Å². The van der Waals surface area contributed by atoms with Gasteiger partial charge in [0.15, 0.2) is 0 Å². The second kappa shape index (κ2) is 11.0. The molecule has 1 amide bonds. The van der Waals surface area contributed by atoms with Gasteiger partial charge in [0.25, 0.3) is 5.56 Å². The zero-order valence-electron chi connectivity index (χ0n) is 20.7. The Labute approximate surface area is 202 Å².